The van der Waals surface area contributed by atoms with E-state index in [1.165, 1.54) is 30.4 Å². The van der Waals surface area contributed by atoms with Crippen LogP contribution < -0.4 is 5.32 Å². The second kappa shape index (κ2) is 17.2. The van der Waals surface area contributed by atoms with E-state index in [4.69, 9.17) is 5.11 Å². The summed E-state index contributed by atoms with van der Waals surface area (Å²) >= 11 is 0. The summed E-state index contributed by atoms with van der Waals surface area (Å²) in [5, 5.41) is 60.4. The first kappa shape index (κ1) is 29.8. The fourth-order valence-corrected chi connectivity index (χ4v) is 2.98. The summed E-state index contributed by atoms with van der Waals surface area (Å²) in [6.45, 7) is 3.50. The molecule has 1 rings (SSSR count). The second-order valence-corrected chi connectivity index (χ2v) is 8.06. The maximum absolute atomic E-state index is 11.9. The fourth-order valence-electron chi connectivity index (χ4n) is 2.98. The molecule has 0 fully saturated rings. The van der Waals surface area contributed by atoms with E-state index < -0.39 is 24.4 Å². The van der Waals surface area contributed by atoms with Gasteiger partial charge in [0.15, 0.2) is 11.5 Å². The van der Waals surface area contributed by atoms with Crippen LogP contribution in [0.4, 0.5) is 0 Å². The van der Waals surface area contributed by atoms with Crippen LogP contribution in [0.5, 0.6) is 11.5 Å². The van der Waals surface area contributed by atoms with Gasteiger partial charge in [-0.3, -0.25) is 4.79 Å². The monoisotopic (exact) mass is 485 g/mol. The van der Waals surface area contributed by atoms with Crippen molar-refractivity contribution in [3.8, 4) is 35.2 Å². The molecule has 0 saturated heterocycles. The number of aliphatic hydroxyl groups is 4. The molecule has 1 amide bonds. The molecule has 190 valence electrons. The topological polar surface area (TPSA) is 150 Å². The normalized spacial score (nSPS) is 14.1. The third kappa shape index (κ3) is 13.9. The van der Waals surface area contributed by atoms with Crippen LogP contribution in [0.1, 0.15) is 50.5 Å². The van der Waals surface area contributed by atoms with E-state index in [1.807, 2.05) is 0 Å². The van der Waals surface area contributed by atoms with Gasteiger partial charge in [0.25, 0.3) is 0 Å². The zero-order chi connectivity index (χ0) is 26.1. The lowest BCUT2D eigenvalue weighted by molar-refractivity contribution is -0.116. The first-order chi connectivity index (χ1) is 16.7. The van der Waals surface area contributed by atoms with Crippen LogP contribution in [0.2, 0.25) is 0 Å². The average Bonchev–Trinajstić information content (AvgIpc) is 2.84. The summed E-state index contributed by atoms with van der Waals surface area (Å²) in [6, 6.07) is 4.21. The number of hydrogen-bond donors (Lipinski definition) is 7. The van der Waals surface area contributed by atoms with Crippen molar-refractivity contribution < 1.29 is 35.4 Å². The molecular weight excluding hydrogens is 450 g/mol. The maximum Gasteiger partial charge on any atom is 0.244 e. The lowest BCUT2D eigenvalue weighted by atomic mass is 10.0. The predicted octanol–water partition coefficient (Wildman–Crippen LogP) is 1.59. The van der Waals surface area contributed by atoms with Gasteiger partial charge in [0.1, 0.15) is 6.10 Å². The molecule has 0 radical (unpaired) electrons. The molecule has 4 unspecified atom stereocenters. The fraction of sp³-hybridized carbons (Fsp3) is 0.444. The Kier molecular flexibility index (Phi) is 14.6. The van der Waals surface area contributed by atoms with Crippen molar-refractivity contribution in [3.05, 3.63) is 42.5 Å². The highest BCUT2D eigenvalue weighted by Gasteiger charge is 2.14. The summed E-state index contributed by atoms with van der Waals surface area (Å²) in [6.07, 6.45) is 4.82. The van der Waals surface area contributed by atoms with E-state index in [-0.39, 0.29) is 30.4 Å². The number of aromatic hydroxyl groups is 2. The van der Waals surface area contributed by atoms with Crippen molar-refractivity contribution in [2.45, 2.75) is 69.4 Å². The zero-order valence-electron chi connectivity index (χ0n) is 19.7. The number of rotatable bonds is 14. The Morgan fingerprint density at radius 2 is 1.69 bits per heavy atom. The average molecular weight is 486 g/mol. The summed E-state index contributed by atoms with van der Waals surface area (Å²) in [5.74, 6) is 9.15. The minimum atomic E-state index is -0.965. The number of phenols is 2. The van der Waals surface area contributed by atoms with E-state index in [9.17, 15) is 30.3 Å². The van der Waals surface area contributed by atoms with Gasteiger partial charge in [-0.25, -0.2) is 0 Å². The Bertz CT molecular complexity index is 952. The highest BCUT2D eigenvalue weighted by molar-refractivity contribution is 5.91. The van der Waals surface area contributed by atoms with Gasteiger partial charge in [0.2, 0.25) is 5.91 Å². The Hall–Kier alpha value is -3.27. The molecule has 1 aromatic rings. The number of amides is 1. The lowest BCUT2D eigenvalue weighted by Crippen LogP contribution is -2.30. The van der Waals surface area contributed by atoms with Crippen molar-refractivity contribution in [2.24, 2.45) is 0 Å². The highest BCUT2D eigenvalue weighted by atomic mass is 16.3. The third-order valence-corrected chi connectivity index (χ3v) is 5.08. The zero-order valence-corrected chi connectivity index (χ0v) is 19.7. The van der Waals surface area contributed by atoms with Crippen LogP contribution in [0.3, 0.4) is 0 Å². The first-order valence-corrected chi connectivity index (χ1v) is 11.5. The maximum atomic E-state index is 11.9. The van der Waals surface area contributed by atoms with Crippen molar-refractivity contribution in [1.82, 2.24) is 5.32 Å². The Balaban J connectivity index is 2.13. The van der Waals surface area contributed by atoms with Crippen molar-refractivity contribution in [1.29, 1.82) is 0 Å². The first-order valence-electron chi connectivity index (χ1n) is 11.5. The minimum absolute atomic E-state index is 0.0878. The molecule has 0 bridgehead atoms. The summed E-state index contributed by atoms with van der Waals surface area (Å²) in [5.41, 5.74) is 0.552. The molecular formula is C27H35NO7. The number of carbonyl (C=O) groups is 1. The van der Waals surface area contributed by atoms with E-state index in [1.54, 1.807) is 6.07 Å². The van der Waals surface area contributed by atoms with E-state index in [0.29, 0.717) is 18.4 Å². The summed E-state index contributed by atoms with van der Waals surface area (Å²) < 4.78 is 0. The van der Waals surface area contributed by atoms with Crippen LogP contribution in [0, 0.1) is 23.7 Å². The molecule has 0 aliphatic rings. The quantitative estimate of drug-likeness (QED) is 0.0695. The lowest BCUT2D eigenvalue weighted by Gasteiger charge is -2.15. The van der Waals surface area contributed by atoms with Crippen LogP contribution in [0.25, 0.3) is 6.08 Å². The smallest absolute Gasteiger partial charge is 0.244 e. The van der Waals surface area contributed by atoms with Gasteiger partial charge in [0, 0.05) is 19.0 Å². The molecule has 7 N–H and O–H groups in total. The van der Waals surface area contributed by atoms with Gasteiger partial charge in [0.05, 0.1) is 18.3 Å². The second-order valence-electron chi connectivity index (χ2n) is 8.06. The van der Waals surface area contributed by atoms with Crippen molar-refractivity contribution in [2.75, 3.05) is 6.54 Å². The largest absolute Gasteiger partial charge is 0.504 e. The van der Waals surface area contributed by atoms with Crippen LogP contribution in [-0.4, -0.2) is 67.5 Å². The Labute approximate surface area is 206 Å². The van der Waals surface area contributed by atoms with Gasteiger partial charge in [-0.15, -0.1) is 0 Å². The summed E-state index contributed by atoms with van der Waals surface area (Å²) in [4.78, 5) is 11.9. The molecule has 0 aromatic heterocycles. The molecule has 0 aliphatic heterocycles. The van der Waals surface area contributed by atoms with Gasteiger partial charge in [-0.05, 0) is 48.5 Å². The molecule has 0 aliphatic carbocycles. The number of nitrogens with one attached hydrogen (secondary N) is 1. The molecule has 8 nitrogen and oxygen atoms in total. The van der Waals surface area contributed by atoms with Crippen molar-refractivity contribution in [3.63, 3.8) is 0 Å². The van der Waals surface area contributed by atoms with E-state index in [0.717, 1.165) is 25.7 Å². The molecule has 0 saturated carbocycles. The van der Waals surface area contributed by atoms with E-state index >= 15 is 0 Å². The molecule has 0 spiro atoms. The number of carbonyl (C=O) groups excluding carboxylic acids is 1. The third-order valence-electron chi connectivity index (χ3n) is 5.08. The molecule has 4 atom stereocenters. The SMILES string of the molecule is C=CC(O)C#CC#CCC(O)C(O)CCCCCCC(O)CNC(=O)/C=C/c1ccc(O)c(O)c1. The Morgan fingerprint density at radius 3 is 2.37 bits per heavy atom. The van der Waals surface area contributed by atoms with Gasteiger partial charge in [-0.1, -0.05) is 56.2 Å². The minimum Gasteiger partial charge on any atom is -0.504 e. The highest BCUT2D eigenvalue weighted by Crippen LogP contribution is 2.25. The summed E-state index contributed by atoms with van der Waals surface area (Å²) in [7, 11) is 0. The molecule has 8 heteroatoms. The van der Waals surface area contributed by atoms with Crippen LogP contribution >= 0.6 is 0 Å². The Morgan fingerprint density at radius 1 is 0.971 bits per heavy atom. The van der Waals surface area contributed by atoms with Gasteiger partial charge in [-0.2, -0.15) is 0 Å². The number of hydrogen-bond acceptors (Lipinski definition) is 7. The molecule has 0 heterocycles. The van der Waals surface area contributed by atoms with Crippen molar-refractivity contribution >= 4 is 12.0 Å². The molecule has 1 aromatic carbocycles. The molecule has 35 heavy (non-hydrogen) atoms. The predicted molar refractivity (Wildman–Crippen MR) is 134 cm³/mol. The van der Waals surface area contributed by atoms with Crippen LogP contribution in [0.15, 0.2) is 36.9 Å². The van der Waals surface area contributed by atoms with Crippen LogP contribution in [-0.2, 0) is 4.79 Å². The standard InChI is InChI=1S/C27H35NO7/c1-2-21(29)10-7-5-9-13-24(32)23(31)12-8-4-3-6-11-22(30)19-28-27(35)17-15-20-14-16-25(33)26(34)18-20/h2,14-18,21-24,29-34H,1,3-4,6,8,11-13,19H2,(H,28,35)/b17-15+. The van der Waals surface area contributed by atoms with Gasteiger partial charge < -0.3 is 36.0 Å². The number of aliphatic hydroxyl groups excluding tert-OH is 4. The van der Waals surface area contributed by atoms with E-state index in [2.05, 4.69) is 35.6 Å². The number of phenolic OH excluding ortho intramolecular Hbond substituents is 2. The number of unbranched alkanes of at least 4 members (excludes halogenated alkanes) is 3. The number of benzene rings is 1. The van der Waals surface area contributed by atoms with Gasteiger partial charge >= 0.3 is 0 Å².